The van der Waals surface area contributed by atoms with Crippen LogP contribution in [0.4, 0.5) is 0 Å². The lowest BCUT2D eigenvalue weighted by Crippen LogP contribution is -2.15. The minimum atomic E-state index is 0.779. The van der Waals surface area contributed by atoms with Crippen LogP contribution in [0.25, 0.3) is 0 Å². The van der Waals surface area contributed by atoms with Crippen molar-refractivity contribution < 1.29 is 4.74 Å². The van der Waals surface area contributed by atoms with Crippen LogP contribution in [0.5, 0.6) is 5.75 Å². The first-order chi connectivity index (χ1) is 9.38. The molecule has 0 heterocycles. The van der Waals surface area contributed by atoms with Crippen LogP contribution < -0.4 is 10.1 Å². The van der Waals surface area contributed by atoms with E-state index in [0.29, 0.717) is 0 Å². The van der Waals surface area contributed by atoms with Crippen molar-refractivity contribution in [3.8, 4) is 5.75 Å². The van der Waals surface area contributed by atoms with Gasteiger partial charge < -0.3 is 10.1 Å². The number of nitrogens with one attached hydrogen (secondary N) is 1. The largest absolute Gasteiger partial charge is 0.493 e. The summed E-state index contributed by atoms with van der Waals surface area (Å²) in [7, 11) is 2.00. The van der Waals surface area contributed by atoms with Gasteiger partial charge in [0.2, 0.25) is 0 Å². The number of ether oxygens (including phenoxy) is 1. The molecule has 0 atom stereocenters. The third-order valence-corrected chi connectivity index (χ3v) is 4.00. The average molecular weight is 261 g/mol. The van der Waals surface area contributed by atoms with Crippen LogP contribution in [0.15, 0.2) is 24.3 Å². The quantitative estimate of drug-likeness (QED) is 0.754. The van der Waals surface area contributed by atoms with Gasteiger partial charge in [-0.15, -0.1) is 0 Å². The second-order valence-electron chi connectivity index (χ2n) is 5.67. The van der Waals surface area contributed by atoms with Crippen LogP contribution in [0.2, 0.25) is 0 Å². The van der Waals surface area contributed by atoms with Crippen LogP contribution in [-0.4, -0.2) is 20.2 Å². The Bertz CT molecular complexity index is 358. The minimum absolute atomic E-state index is 0.779. The Balaban J connectivity index is 1.77. The molecule has 0 amide bonds. The summed E-state index contributed by atoms with van der Waals surface area (Å²) in [6, 6.07) is 8.61. The number of aryl methyl sites for hydroxylation is 1. The molecule has 0 aliphatic heterocycles. The molecule has 0 aromatic heterocycles. The summed E-state index contributed by atoms with van der Waals surface area (Å²) >= 11 is 0. The number of benzene rings is 1. The van der Waals surface area contributed by atoms with E-state index in [9.17, 15) is 0 Å². The van der Waals surface area contributed by atoms with Crippen molar-refractivity contribution in [1.29, 1.82) is 0 Å². The molecule has 0 saturated heterocycles. The summed E-state index contributed by atoms with van der Waals surface area (Å²) < 4.78 is 5.98. The van der Waals surface area contributed by atoms with Crippen molar-refractivity contribution in [1.82, 2.24) is 5.32 Å². The minimum Gasteiger partial charge on any atom is -0.493 e. The molecule has 0 spiro atoms. The van der Waals surface area contributed by atoms with E-state index in [-0.39, 0.29) is 0 Å². The standard InChI is InChI=1S/C17H27NO/c1-18-12-6-10-15-9-5-11-17(13-15)19-14-16-7-3-2-4-8-16/h5,9,11,13,16,18H,2-4,6-8,10,12,14H2,1H3. The van der Waals surface area contributed by atoms with E-state index in [1.807, 2.05) is 7.05 Å². The van der Waals surface area contributed by atoms with Crippen LogP contribution >= 0.6 is 0 Å². The van der Waals surface area contributed by atoms with Crippen LogP contribution in [0.1, 0.15) is 44.1 Å². The van der Waals surface area contributed by atoms with Gasteiger partial charge in [-0.2, -0.15) is 0 Å². The van der Waals surface area contributed by atoms with E-state index in [1.54, 1.807) is 0 Å². The zero-order chi connectivity index (χ0) is 13.3. The summed E-state index contributed by atoms with van der Waals surface area (Å²) in [5, 5.41) is 3.19. The molecule has 106 valence electrons. The molecule has 0 unspecified atom stereocenters. The lowest BCUT2D eigenvalue weighted by atomic mass is 9.90. The van der Waals surface area contributed by atoms with Gasteiger partial charge in [0.1, 0.15) is 5.75 Å². The predicted molar refractivity (Wildman–Crippen MR) is 80.8 cm³/mol. The predicted octanol–water partition coefficient (Wildman–Crippen LogP) is 3.80. The molecular formula is C17H27NO. The van der Waals surface area contributed by atoms with Gasteiger partial charge in [0, 0.05) is 0 Å². The van der Waals surface area contributed by atoms with Crippen molar-refractivity contribution in [2.24, 2.45) is 5.92 Å². The molecule has 1 aromatic rings. The number of hydrogen-bond donors (Lipinski definition) is 1. The SMILES string of the molecule is CNCCCc1cccc(OCC2CCCCC2)c1. The highest BCUT2D eigenvalue weighted by Gasteiger charge is 2.13. The summed E-state index contributed by atoms with van der Waals surface area (Å²) in [6.45, 7) is 1.98. The van der Waals surface area contributed by atoms with Crippen molar-refractivity contribution in [2.45, 2.75) is 44.9 Å². The Morgan fingerprint density at radius 1 is 1.21 bits per heavy atom. The van der Waals surface area contributed by atoms with Crippen LogP contribution in [0, 0.1) is 5.92 Å². The highest BCUT2D eigenvalue weighted by Crippen LogP contribution is 2.25. The Morgan fingerprint density at radius 3 is 2.84 bits per heavy atom. The normalized spacial score (nSPS) is 16.5. The summed E-state index contributed by atoms with van der Waals surface area (Å²) in [5.74, 6) is 1.83. The van der Waals surface area contributed by atoms with Crippen molar-refractivity contribution in [3.63, 3.8) is 0 Å². The monoisotopic (exact) mass is 261 g/mol. The fourth-order valence-electron chi connectivity index (χ4n) is 2.83. The van der Waals surface area contributed by atoms with E-state index < -0.39 is 0 Å². The molecule has 1 aromatic carbocycles. The van der Waals surface area contributed by atoms with E-state index in [2.05, 4.69) is 29.6 Å². The maximum atomic E-state index is 5.98. The molecule has 2 heteroatoms. The highest BCUT2D eigenvalue weighted by atomic mass is 16.5. The second kappa shape index (κ2) is 8.21. The zero-order valence-electron chi connectivity index (χ0n) is 12.2. The molecule has 1 fully saturated rings. The zero-order valence-corrected chi connectivity index (χ0v) is 12.2. The first-order valence-electron chi connectivity index (χ1n) is 7.75. The fourth-order valence-corrected chi connectivity index (χ4v) is 2.83. The molecule has 0 radical (unpaired) electrons. The Hall–Kier alpha value is -1.02. The number of rotatable bonds is 7. The Labute approximate surface area is 117 Å². The van der Waals surface area contributed by atoms with Crippen molar-refractivity contribution in [2.75, 3.05) is 20.2 Å². The van der Waals surface area contributed by atoms with E-state index in [1.165, 1.54) is 44.1 Å². The Morgan fingerprint density at radius 2 is 2.05 bits per heavy atom. The number of hydrogen-bond acceptors (Lipinski definition) is 2. The molecule has 1 aliphatic rings. The van der Waals surface area contributed by atoms with E-state index in [0.717, 1.165) is 31.2 Å². The van der Waals surface area contributed by atoms with Gasteiger partial charge >= 0.3 is 0 Å². The van der Waals surface area contributed by atoms with Gasteiger partial charge in [0.15, 0.2) is 0 Å². The highest BCUT2D eigenvalue weighted by molar-refractivity contribution is 5.28. The maximum absolute atomic E-state index is 5.98. The van der Waals surface area contributed by atoms with Gasteiger partial charge in [-0.05, 0) is 62.9 Å². The molecule has 1 saturated carbocycles. The fraction of sp³-hybridized carbons (Fsp3) is 0.647. The lowest BCUT2D eigenvalue weighted by Gasteiger charge is -2.21. The molecule has 1 aliphatic carbocycles. The van der Waals surface area contributed by atoms with Crippen molar-refractivity contribution in [3.05, 3.63) is 29.8 Å². The van der Waals surface area contributed by atoms with Gasteiger partial charge in [-0.1, -0.05) is 31.4 Å². The molecule has 0 bridgehead atoms. The van der Waals surface area contributed by atoms with Crippen LogP contribution in [0.3, 0.4) is 0 Å². The topological polar surface area (TPSA) is 21.3 Å². The van der Waals surface area contributed by atoms with Gasteiger partial charge in [0.25, 0.3) is 0 Å². The second-order valence-corrected chi connectivity index (χ2v) is 5.67. The smallest absolute Gasteiger partial charge is 0.119 e. The van der Waals surface area contributed by atoms with Crippen molar-refractivity contribution >= 4 is 0 Å². The first-order valence-corrected chi connectivity index (χ1v) is 7.75. The summed E-state index contributed by atoms with van der Waals surface area (Å²) in [4.78, 5) is 0. The van der Waals surface area contributed by atoms with Crippen LogP contribution in [-0.2, 0) is 6.42 Å². The third-order valence-electron chi connectivity index (χ3n) is 4.00. The van der Waals surface area contributed by atoms with E-state index in [4.69, 9.17) is 4.74 Å². The molecule has 19 heavy (non-hydrogen) atoms. The maximum Gasteiger partial charge on any atom is 0.119 e. The van der Waals surface area contributed by atoms with Gasteiger partial charge in [-0.3, -0.25) is 0 Å². The lowest BCUT2D eigenvalue weighted by molar-refractivity contribution is 0.208. The van der Waals surface area contributed by atoms with E-state index >= 15 is 0 Å². The molecular weight excluding hydrogens is 234 g/mol. The molecule has 2 rings (SSSR count). The first kappa shape index (κ1) is 14.4. The Kier molecular flexibility index (Phi) is 6.22. The summed E-state index contributed by atoms with van der Waals surface area (Å²) in [6.07, 6.45) is 9.20. The average Bonchev–Trinajstić information content (AvgIpc) is 2.47. The summed E-state index contributed by atoms with van der Waals surface area (Å²) in [5.41, 5.74) is 1.39. The third kappa shape index (κ3) is 5.23. The molecule has 1 N–H and O–H groups in total. The molecule has 2 nitrogen and oxygen atoms in total. The van der Waals surface area contributed by atoms with Gasteiger partial charge in [0.05, 0.1) is 6.61 Å². The van der Waals surface area contributed by atoms with Gasteiger partial charge in [-0.25, -0.2) is 0 Å².